The topological polar surface area (TPSA) is 69.2 Å². The van der Waals surface area contributed by atoms with E-state index >= 15 is 0 Å². The van der Waals surface area contributed by atoms with Crippen molar-refractivity contribution in [3.05, 3.63) is 39.7 Å². The van der Waals surface area contributed by atoms with Crippen molar-refractivity contribution in [2.24, 2.45) is 17.6 Å². The molecular formula is C15H21FN2O2. The average Bonchev–Trinajstić information content (AvgIpc) is 2.40. The molecular weight excluding hydrogens is 259 g/mol. The number of nitro groups is 1. The van der Waals surface area contributed by atoms with Gasteiger partial charge in [-0.15, -0.1) is 0 Å². The van der Waals surface area contributed by atoms with Gasteiger partial charge in [-0.05, 0) is 49.1 Å². The first-order valence-corrected chi connectivity index (χ1v) is 7.19. The Kier molecular flexibility index (Phi) is 4.70. The molecule has 2 rings (SSSR count). The predicted molar refractivity (Wildman–Crippen MR) is 75.9 cm³/mol. The lowest BCUT2D eigenvalue weighted by molar-refractivity contribution is -0.385. The fraction of sp³-hybridized carbons (Fsp3) is 0.600. The first-order valence-electron chi connectivity index (χ1n) is 7.19. The van der Waals surface area contributed by atoms with Crippen molar-refractivity contribution in [3.8, 4) is 0 Å². The standard InChI is InChI=1S/C15H21FN2O2/c1-2-10-3-4-15(17)12(5-10)6-11-7-13(16)9-14(8-11)18(19)20/h7-10,12,15H,2-6,17H2,1H3. The molecule has 0 saturated heterocycles. The molecule has 110 valence electrons. The van der Waals surface area contributed by atoms with Gasteiger partial charge in [0.25, 0.3) is 5.69 Å². The molecule has 2 N–H and O–H groups in total. The van der Waals surface area contributed by atoms with Crippen molar-refractivity contribution in [1.29, 1.82) is 0 Å². The number of rotatable bonds is 4. The van der Waals surface area contributed by atoms with E-state index in [1.165, 1.54) is 12.1 Å². The van der Waals surface area contributed by atoms with Crippen LogP contribution in [-0.4, -0.2) is 11.0 Å². The molecule has 0 aromatic heterocycles. The summed E-state index contributed by atoms with van der Waals surface area (Å²) in [6.45, 7) is 2.17. The fourth-order valence-electron chi connectivity index (χ4n) is 3.15. The van der Waals surface area contributed by atoms with Crippen LogP contribution in [0.15, 0.2) is 18.2 Å². The first-order chi connectivity index (χ1) is 9.49. The molecule has 1 saturated carbocycles. The Labute approximate surface area is 118 Å². The molecule has 20 heavy (non-hydrogen) atoms. The zero-order valence-electron chi connectivity index (χ0n) is 11.7. The zero-order chi connectivity index (χ0) is 14.7. The minimum Gasteiger partial charge on any atom is -0.327 e. The number of nitrogens with two attached hydrogens (primary N) is 1. The molecule has 1 aromatic carbocycles. The maximum Gasteiger partial charge on any atom is 0.272 e. The molecule has 1 aliphatic carbocycles. The van der Waals surface area contributed by atoms with Crippen LogP contribution in [0.4, 0.5) is 10.1 Å². The number of nitrogens with zero attached hydrogens (tertiary/aromatic N) is 1. The normalized spacial score (nSPS) is 26.4. The van der Waals surface area contributed by atoms with Gasteiger partial charge < -0.3 is 5.73 Å². The van der Waals surface area contributed by atoms with E-state index in [1.807, 2.05) is 0 Å². The molecule has 0 bridgehead atoms. The summed E-state index contributed by atoms with van der Waals surface area (Å²) in [6.07, 6.45) is 4.92. The predicted octanol–water partition coefficient (Wildman–Crippen LogP) is 3.43. The molecule has 0 spiro atoms. The molecule has 1 aliphatic rings. The summed E-state index contributed by atoms with van der Waals surface area (Å²) in [7, 11) is 0. The van der Waals surface area contributed by atoms with E-state index in [2.05, 4.69) is 6.92 Å². The van der Waals surface area contributed by atoms with Crippen LogP contribution in [0, 0.1) is 27.8 Å². The molecule has 0 amide bonds. The molecule has 0 heterocycles. The minimum atomic E-state index is -0.553. The van der Waals surface area contributed by atoms with Crippen LogP contribution in [0.2, 0.25) is 0 Å². The molecule has 4 nitrogen and oxygen atoms in total. The summed E-state index contributed by atoms with van der Waals surface area (Å²) in [5.41, 5.74) is 6.64. The lowest BCUT2D eigenvalue weighted by atomic mass is 9.75. The van der Waals surface area contributed by atoms with E-state index in [0.29, 0.717) is 17.9 Å². The van der Waals surface area contributed by atoms with E-state index in [-0.39, 0.29) is 17.6 Å². The SMILES string of the molecule is CCC1CCC(N)C(Cc2cc(F)cc([N+](=O)[O-])c2)C1. The van der Waals surface area contributed by atoms with Gasteiger partial charge in [0.2, 0.25) is 0 Å². The lowest BCUT2D eigenvalue weighted by Crippen LogP contribution is -2.37. The Balaban J connectivity index is 2.14. The smallest absolute Gasteiger partial charge is 0.272 e. The van der Waals surface area contributed by atoms with E-state index in [4.69, 9.17) is 5.73 Å². The van der Waals surface area contributed by atoms with Gasteiger partial charge in [-0.1, -0.05) is 13.3 Å². The van der Waals surface area contributed by atoms with Crippen LogP contribution in [0.1, 0.15) is 38.2 Å². The van der Waals surface area contributed by atoms with E-state index in [0.717, 1.165) is 31.7 Å². The molecule has 1 fully saturated rings. The van der Waals surface area contributed by atoms with E-state index < -0.39 is 10.7 Å². The summed E-state index contributed by atoms with van der Waals surface area (Å²) in [4.78, 5) is 10.2. The number of non-ortho nitro benzene ring substituents is 1. The molecule has 1 aromatic rings. The third-order valence-corrected chi connectivity index (χ3v) is 4.38. The van der Waals surface area contributed by atoms with Crippen molar-refractivity contribution in [2.45, 2.75) is 45.1 Å². The van der Waals surface area contributed by atoms with Gasteiger partial charge >= 0.3 is 0 Å². The van der Waals surface area contributed by atoms with Crippen LogP contribution in [-0.2, 0) is 6.42 Å². The minimum absolute atomic E-state index is 0.111. The van der Waals surface area contributed by atoms with Gasteiger partial charge in [-0.3, -0.25) is 10.1 Å². The number of benzene rings is 1. The van der Waals surface area contributed by atoms with E-state index in [9.17, 15) is 14.5 Å². The lowest BCUT2D eigenvalue weighted by Gasteiger charge is -2.33. The highest BCUT2D eigenvalue weighted by molar-refractivity contribution is 5.35. The third-order valence-electron chi connectivity index (χ3n) is 4.38. The zero-order valence-corrected chi connectivity index (χ0v) is 11.7. The highest BCUT2D eigenvalue weighted by Gasteiger charge is 2.27. The highest BCUT2D eigenvalue weighted by Crippen LogP contribution is 2.33. The van der Waals surface area contributed by atoms with Gasteiger partial charge in [0, 0.05) is 12.1 Å². The Morgan fingerprint density at radius 2 is 2.15 bits per heavy atom. The number of halogens is 1. The summed E-state index contributed by atoms with van der Waals surface area (Å²) >= 11 is 0. The maximum atomic E-state index is 13.4. The van der Waals surface area contributed by atoms with Gasteiger partial charge in [-0.25, -0.2) is 4.39 Å². The van der Waals surface area contributed by atoms with Crippen molar-refractivity contribution in [3.63, 3.8) is 0 Å². The van der Waals surface area contributed by atoms with E-state index in [1.54, 1.807) is 0 Å². The van der Waals surface area contributed by atoms with Gasteiger partial charge in [-0.2, -0.15) is 0 Å². The second kappa shape index (κ2) is 6.31. The van der Waals surface area contributed by atoms with Gasteiger partial charge in [0.15, 0.2) is 0 Å². The van der Waals surface area contributed by atoms with Gasteiger partial charge in [0.05, 0.1) is 11.0 Å². The quantitative estimate of drug-likeness (QED) is 0.678. The first kappa shape index (κ1) is 14.9. The second-order valence-corrected chi connectivity index (χ2v) is 5.79. The summed E-state index contributed by atoms with van der Waals surface area (Å²) in [6, 6.07) is 3.92. The monoisotopic (exact) mass is 280 g/mol. The van der Waals surface area contributed by atoms with Gasteiger partial charge in [0.1, 0.15) is 5.82 Å². The highest BCUT2D eigenvalue weighted by atomic mass is 19.1. The maximum absolute atomic E-state index is 13.4. The second-order valence-electron chi connectivity index (χ2n) is 5.79. The largest absolute Gasteiger partial charge is 0.327 e. The molecule has 3 atom stereocenters. The average molecular weight is 280 g/mol. The van der Waals surface area contributed by atoms with Crippen LogP contribution < -0.4 is 5.73 Å². The van der Waals surface area contributed by atoms with Crippen molar-refractivity contribution < 1.29 is 9.31 Å². The van der Waals surface area contributed by atoms with Crippen LogP contribution in [0.3, 0.4) is 0 Å². The molecule has 0 radical (unpaired) electrons. The Hall–Kier alpha value is -1.49. The van der Waals surface area contributed by atoms with Crippen LogP contribution in [0.5, 0.6) is 0 Å². The summed E-state index contributed by atoms with van der Waals surface area (Å²) < 4.78 is 13.4. The summed E-state index contributed by atoms with van der Waals surface area (Å²) in [5.74, 6) is 0.407. The number of hydrogen-bond donors (Lipinski definition) is 1. The van der Waals surface area contributed by atoms with Crippen LogP contribution >= 0.6 is 0 Å². The molecule has 3 unspecified atom stereocenters. The van der Waals surface area contributed by atoms with Crippen LogP contribution in [0.25, 0.3) is 0 Å². The Morgan fingerprint density at radius 1 is 1.40 bits per heavy atom. The Bertz CT molecular complexity index is 493. The number of hydrogen-bond acceptors (Lipinski definition) is 3. The number of nitro benzene ring substituents is 1. The van der Waals surface area contributed by atoms with Crippen molar-refractivity contribution in [2.75, 3.05) is 0 Å². The Morgan fingerprint density at radius 3 is 2.80 bits per heavy atom. The molecule has 5 heteroatoms. The fourth-order valence-corrected chi connectivity index (χ4v) is 3.15. The molecule has 0 aliphatic heterocycles. The third kappa shape index (κ3) is 3.54. The van der Waals surface area contributed by atoms with Crippen molar-refractivity contribution in [1.82, 2.24) is 0 Å². The van der Waals surface area contributed by atoms with Crippen molar-refractivity contribution >= 4 is 5.69 Å². The summed E-state index contributed by atoms with van der Waals surface area (Å²) in [5, 5.41) is 10.8.